The minimum absolute atomic E-state index is 0.00649. The maximum Gasteiger partial charge on any atom is 0.0319 e. The molecule has 78 valence electrons. The lowest BCUT2D eigenvalue weighted by Gasteiger charge is -2.19. The van der Waals surface area contributed by atoms with Crippen LogP contribution in [0, 0.1) is 5.92 Å². The minimum Gasteiger partial charge on any atom is -0.0625 e. The Morgan fingerprint density at radius 2 is 1.64 bits per heavy atom. The molecule has 0 saturated carbocycles. The first kappa shape index (κ1) is 8.52. The summed E-state index contributed by atoms with van der Waals surface area (Å²) in [5, 5.41) is 0. The van der Waals surface area contributed by atoms with E-state index in [1.807, 2.05) is 38.1 Å². The number of hydrogen-bond acceptors (Lipinski definition) is 0. The van der Waals surface area contributed by atoms with Crippen molar-refractivity contribution in [1.82, 2.24) is 0 Å². The monoisotopic (exact) mass is 192 g/mol. The van der Waals surface area contributed by atoms with Crippen molar-refractivity contribution in [1.29, 1.82) is 0 Å². The van der Waals surface area contributed by atoms with Crippen molar-refractivity contribution in [3.05, 3.63) is 35.4 Å². The fraction of sp³-hybridized carbons (Fsp3) is 0.571. The molecule has 0 aliphatic heterocycles. The molecule has 0 fully saturated rings. The van der Waals surface area contributed by atoms with Crippen molar-refractivity contribution in [2.45, 2.75) is 46.4 Å². The van der Waals surface area contributed by atoms with Crippen molar-refractivity contribution in [3.63, 3.8) is 0 Å². The predicted octanol–water partition coefficient (Wildman–Crippen LogP) is 4.18. The Labute approximate surface area is 91.2 Å². The molecule has 1 aromatic rings. The molecule has 0 aromatic heterocycles. The fourth-order valence-electron chi connectivity index (χ4n) is 1.40. The van der Waals surface area contributed by atoms with Crippen LogP contribution in [0.15, 0.2) is 24.3 Å². The third-order valence-electron chi connectivity index (χ3n) is 2.21. The van der Waals surface area contributed by atoms with Crippen LogP contribution in [-0.2, 0) is 11.8 Å². The molecule has 0 heterocycles. The van der Waals surface area contributed by atoms with Crippen molar-refractivity contribution in [2.75, 3.05) is 0 Å². The first-order valence-electron chi connectivity index (χ1n) is 6.26. The molecule has 0 nitrogen and oxygen atoms in total. The lowest BCUT2D eigenvalue weighted by molar-refractivity contribution is 0.589. The van der Waals surface area contributed by atoms with Gasteiger partial charge in [-0.1, -0.05) is 58.9 Å². The molecule has 0 aliphatic carbocycles. The highest BCUT2D eigenvalue weighted by atomic mass is 14.2. The summed E-state index contributed by atoms with van der Waals surface area (Å²) in [5.74, 6) is -0.00649. The Kier molecular flexibility index (Phi) is 2.53. The zero-order valence-corrected chi connectivity index (χ0v) is 9.89. The first-order chi connectivity index (χ1) is 7.15. The zero-order valence-electron chi connectivity index (χ0n) is 11.9. The average Bonchev–Trinajstić information content (AvgIpc) is 2.16. The lowest BCUT2D eigenvalue weighted by atomic mass is 9.86. The molecule has 0 bridgehead atoms. The van der Waals surface area contributed by atoms with E-state index in [-0.39, 0.29) is 11.3 Å². The molecule has 0 atom stereocenters. The summed E-state index contributed by atoms with van der Waals surface area (Å²) in [6, 6.07) is 7.91. The smallest absolute Gasteiger partial charge is 0.0319 e. The predicted molar refractivity (Wildman–Crippen MR) is 63.7 cm³/mol. The topological polar surface area (TPSA) is 0 Å². The second-order valence-corrected chi connectivity index (χ2v) is 5.13. The molecule has 1 rings (SSSR count). The van der Waals surface area contributed by atoms with Crippen molar-refractivity contribution in [2.24, 2.45) is 5.92 Å². The maximum absolute atomic E-state index is 8.02. The lowest BCUT2D eigenvalue weighted by Crippen LogP contribution is -2.10. The quantitative estimate of drug-likeness (QED) is 0.659. The van der Waals surface area contributed by atoms with Crippen LogP contribution >= 0.6 is 0 Å². The van der Waals surface area contributed by atoms with Crippen LogP contribution in [0.5, 0.6) is 0 Å². The Morgan fingerprint density at radius 1 is 1.14 bits per heavy atom. The van der Waals surface area contributed by atoms with Crippen molar-refractivity contribution < 1.29 is 2.74 Å². The summed E-state index contributed by atoms with van der Waals surface area (Å²) in [5.41, 5.74) is 2.15. The van der Waals surface area contributed by atoms with Gasteiger partial charge in [0, 0.05) is 2.74 Å². The molecular formula is C14H22. The molecule has 0 amide bonds. The normalized spacial score (nSPS) is 15.3. The second kappa shape index (κ2) is 4.16. The van der Waals surface area contributed by atoms with Crippen LogP contribution in [0.3, 0.4) is 0 Å². The highest BCUT2D eigenvalue weighted by Crippen LogP contribution is 2.22. The zero-order chi connectivity index (χ0) is 12.6. The Morgan fingerprint density at radius 3 is 2.00 bits per heavy atom. The van der Waals surface area contributed by atoms with Crippen LogP contribution in [-0.4, -0.2) is 0 Å². The first-order valence-corrected chi connectivity index (χ1v) is 5.26. The summed E-state index contributed by atoms with van der Waals surface area (Å²) in [6.07, 6.45) is -1.24. The van der Waals surface area contributed by atoms with Gasteiger partial charge in [-0.25, -0.2) is 0 Å². The van der Waals surface area contributed by atoms with Gasteiger partial charge in [-0.2, -0.15) is 0 Å². The van der Waals surface area contributed by atoms with Gasteiger partial charge >= 0.3 is 0 Å². The van der Waals surface area contributed by atoms with Crippen LogP contribution < -0.4 is 0 Å². The van der Waals surface area contributed by atoms with E-state index in [0.29, 0.717) is 0 Å². The van der Waals surface area contributed by atoms with Crippen LogP contribution in [0.4, 0.5) is 0 Å². The summed E-state index contributed by atoms with van der Waals surface area (Å²) in [4.78, 5) is 0. The molecule has 0 heteroatoms. The SMILES string of the molecule is [2H]C([2H])(c1ccc(C(C)(C)C)cc1)C(C)C. The molecule has 14 heavy (non-hydrogen) atoms. The molecular weight excluding hydrogens is 168 g/mol. The molecule has 0 unspecified atom stereocenters. The maximum atomic E-state index is 8.02. The average molecular weight is 192 g/mol. The van der Waals surface area contributed by atoms with E-state index in [4.69, 9.17) is 2.74 Å². The molecule has 0 radical (unpaired) electrons. The van der Waals surface area contributed by atoms with E-state index in [1.165, 1.54) is 5.56 Å². The Balaban J connectivity index is 3.05. The van der Waals surface area contributed by atoms with Crippen molar-refractivity contribution >= 4 is 0 Å². The summed E-state index contributed by atoms with van der Waals surface area (Å²) in [7, 11) is 0. The van der Waals surface area contributed by atoms with Gasteiger partial charge in [-0.05, 0) is 28.8 Å². The van der Waals surface area contributed by atoms with E-state index < -0.39 is 6.37 Å². The number of benzene rings is 1. The van der Waals surface area contributed by atoms with Crippen LogP contribution in [0.1, 0.15) is 48.5 Å². The van der Waals surface area contributed by atoms with Gasteiger partial charge in [0.1, 0.15) is 0 Å². The Hall–Kier alpha value is -0.780. The van der Waals surface area contributed by atoms with E-state index >= 15 is 0 Å². The van der Waals surface area contributed by atoms with Gasteiger partial charge < -0.3 is 0 Å². The second-order valence-electron chi connectivity index (χ2n) is 5.13. The number of hydrogen-bond donors (Lipinski definition) is 0. The summed E-state index contributed by atoms with van der Waals surface area (Å²) >= 11 is 0. The van der Waals surface area contributed by atoms with Gasteiger partial charge in [-0.15, -0.1) is 0 Å². The minimum atomic E-state index is -1.24. The van der Waals surface area contributed by atoms with E-state index in [2.05, 4.69) is 20.8 Å². The molecule has 0 saturated heterocycles. The highest BCUT2D eigenvalue weighted by Gasteiger charge is 2.12. The Bertz CT molecular complexity index is 342. The molecule has 0 aliphatic rings. The molecule has 0 spiro atoms. The molecule has 1 aromatic carbocycles. The van der Waals surface area contributed by atoms with Crippen LogP contribution in [0.25, 0.3) is 0 Å². The fourth-order valence-corrected chi connectivity index (χ4v) is 1.40. The summed E-state index contributed by atoms with van der Waals surface area (Å²) in [6.45, 7) is 10.3. The van der Waals surface area contributed by atoms with E-state index in [0.717, 1.165) is 5.56 Å². The van der Waals surface area contributed by atoms with Gasteiger partial charge in [0.25, 0.3) is 0 Å². The largest absolute Gasteiger partial charge is 0.0625 e. The van der Waals surface area contributed by atoms with Crippen molar-refractivity contribution in [3.8, 4) is 0 Å². The highest BCUT2D eigenvalue weighted by molar-refractivity contribution is 5.27. The van der Waals surface area contributed by atoms with Gasteiger partial charge in [0.15, 0.2) is 0 Å². The standard InChI is InChI=1S/C14H22/c1-11(2)10-12-6-8-13(9-7-12)14(3,4)5/h6-9,11H,10H2,1-5H3/i10D2. The third kappa shape index (κ3) is 3.17. The van der Waals surface area contributed by atoms with Crippen LogP contribution in [0.2, 0.25) is 0 Å². The number of rotatable bonds is 2. The summed E-state index contributed by atoms with van der Waals surface area (Å²) < 4.78 is 16.0. The van der Waals surface area contributed by atoms with E-state index in [9.17, 15) is 0 Å². The van der Waals surface area contributed by atoms with E-state index in [1.54, 1.807) is 0 Å². The third-order valence-corrected chi connectivity index (χ3v) is 2.21. The van der Waals surface area contributed by atoms with Gasteiger partial charge in [0.05, 0.1) is 0 Å². The van der Waals surface area contributed by atoms with Gasteiger partial charge in [-0.3, -0.25) is 0 Å². The molecule has 0 N–H and O–H groups in total. The van der Waals surface area contributed by atoms with Gasteiger partial charge in [0.2, 0.25) is 0 Å².